The predicted molar refractivity (Wildman–Crippen MR) is 138 cm³/mol. The van der Waals surface area contributed by atoms with Gasteiger partial charge in [-0.05, 0) is 76.1 Å². The van der Waals surface area contributed by atoms with Gasteiger partial charge in [0, 0.05) is 39.8 Å². The molecule has 0 amide bonds. The number of carbonyl (C=O) groups is 1. The summed E-state index contributed by atoms with van der Waals surface area (Å²) < 4.78 is 49.4. The quantitative estimate of drug-likeness (QED) is 0.191. The first kappa shape index (κ1) is 27.1. The number of allylic oxidation sites excluding steroid dienone is 1. The predicted octanol–water partition coefficient (Wildman–Crippen LogP) is 7.85. The normalized spacial score (nSPS) is 11.9. The summed E-state index contributed by atoms with van der Waals surface area (Å²) in [7, 11) is -0.175. The monoisotopic (exact) mass is 513 g/mol. The number of aryl methyl sites for hydroxylation is 2. The van der Waals surface area contributed by atoms with Crippen molar-refractivity contribution in [2.75, 3.05) is 6.61 Å². The number of rotatable bonds is 6. The third kappa shape index (κ3) is 6.79. The molecule has 0 saturated heterocycles. The van der Waals surface area contributed by atoms with Crippen molar-refractivity contribution < 1.29 is 27.4 Å². The minimum atomic E-state index is -4.41. The van der Waals surface area contributed by atoms with Crippen LogP contribution in [0.4, 0.5) is 13.2 Å². The fraction of sp³-hybridized carbons (Fsp3) is 0.276. The zero-order valence-electron chi connectivity index (χ0n) is 20.9. The highest BCUT2D eigenvalue weighted by Gasteiger charge is 2.30. The van der Waals surface area contributed by atoms with Crippen molar-refractivity contribution in [3.8, 4) is 22.5 Å². The second-order valence-corrected chi connectivity index (χ2v) is 10.8. The van der Waals surface area contributed by atoms with Crippen LogP contribution in [0.5, 0.6) is 5.75 Å². The lowest BCUT2D eigenvalue weighted by Crippen LogP contribution is -2.29. The van der Waals surface area contributed by atoms with Crippen LogP contribution in [0, 0.1) is 25.7 Å². The SMILES string of the molecule is C=C(C)c1ccc[s+]1-c1cc(C)c(OCC(=O)OC(C)(C)C#Cc2ccc(C(F)(F)F)cc2)c(C)c1. The third-order valence-corrected chi connectivity index (χ3v) is 7.36. The first-order valence-electron chi connectivity index (χ1n) is 11.2. The molecule has 0 spiro atoms. The Balaban J connectivity index is 1.65. The number of hydrogen-bond donors (Lipinski definition) is 0. The van der Waals surface area contributed by atoms with Gasteiger partial charge in [-0.25, -0.2) is 4.79 Å². The fourth-order valence-electron chi connectivity index (χ4n) is 3.59. The molecule has 0 aliphatic rings. The molecule has 0 saturated carbocycles. The molecule has 0 fully saturated rings. The van der Waals surface area contributed by atoms with Crippen molar-refractivity contribution >= 4 is 22.0 Å². The van der Waals surface area contributed by atoms with Crippen molar-refractivity contribution in [2.24, 2.45) is 0 Å². The summed E-state index contributed by atoms with van der Waals surface area (Å²) >= 11 is 0. The van der Waals surface area contributed by atoms with Crippen LogP contribution >= 0.6 is 10.5 Å². The van der Waals surface area contributed by atoms with Crippen LogP contribution in [0.3, 0.4) is 0 Å². The molecule has 0 aliphatic carbocycles. The van der Waals surface area contributed by atoms with Crippen LogP contribution in [0.15, 0.2) is 60.5 Å². The molecule has 3 aromatic rings. The van der Waals surface area contributed by atoms with Crippen molar-refractivity contribution in [3.63, 3.8) is 0 Å². The number of carbonyl (C=O) groups excluding carboxylic acids is 1. The van der Waals surface area contributed by atoms with E-state index in [-0.39, 0.29) is 17.1 Å². The third-order valence-electron chi connectivity index (χ3n) is 5.23. The van der Waals surface area contributed by atoms with Crippen molar-refractivity contribution in [1.29, 1.82) is 0 Å². The van der Waals surface area contributed by atoms with Gasteiger partial charge in [-0.2, -0.15) is 13.2 Å². The number of halogens is 3. The zero-order valence-corrected chi connectivity index (χ0v) is 21.7. The first-order valence-corrected chi connectivity index (χ1v) is 12.5. The largest absolute Gasteiger partial charge is 0.481 e. The lowest BCUT2D eigenvalue weighted by molar-refractivity contribution is -0.154. The standard InChI is InChI=1S/C29H28F3O3S/c1-19(2)25-8-7-15-36(25)24-16-20(3)27(21(4)17-24)34-18-26(33)35-28(5,6)14-13-22-9-11-23(12-10-22)29(30,31)32/h7-12,15-17H,1,18H2,2-6H3/q+1. The van der Waals surface area contributed by atoms with Crippen molar-refractivity contribution in [3.05, 3.63) is 87.6 Å². The topological polar surface area (TPSA) is 35.5 Å². The number of thiophene rings is 1. The van der Waals surface area contributed by atoms with Gasteiger partial charge >= 0.3 is 12.1 Å². The van der Waals surface area contributed by atoms with E-state index in [9.17, 15) is 18.0 Å². The van der Waals surface area contributed by atoms with E-state index >= 15 is 0 Å². The van der Waals surface area contributed by atoms with Gasteiger partial charge in [0.05, 0.1) is 5.56 Å². The molecule has 1 atom stereocenters. The Morgan fingerprint density at radius 1 is 1.06 bits per heavy atom. The second kappa shape index (κ2) is 10.6. The Labute approximate surface area is 212 Å². The van der Waals surface area contributed by atoms with Crippen LogP contribution in [-0.4, -0.2) is 18.2 Å². The molecular formula is C29H28F3O3S+. The Hall–Kier alpha value is -3.50. The lowest BCUT2D eigenvalue weighted by atomic mass is 10.1. The molecular weight excluding hydrogens is 485 g/mol. The zero-order chi connectivity index (χ0) is 26.7. The summed E-state index contributed by atoms with van der Waals surface area (Å²) in [6.07, 6.45) is -4.41. The van der Waals surface area contributed by atoms with E-state index in [1.54, 1.807) is 13.8 Å². The number of benzene rings is 2. The van der Waals surface area contributed by atoms with E-state index in [0.29, 0.717) is 11.3 Å². The highest BCUT2D eigenvalue weighted by Crippen LogP contribution is 2.41. The van der Waals surface area contributed by atoms with Crippen LogP contribution in [0.25, 0.3) is 10.5 Å². The molecule has 2 aromatic carbocycles. The van der Waals surface area contributed by atoms with Gasteiger partial charge in [0.15, 0.2) is 22.0 Å². The molecule has 7 heteroatoms. The minimum Gasteiger partial charge on any atom is -0.481 e. The van der Waals surface area contributed by atoms with Crippen LogP contribution in [-0.2, 0) is 15.7 Å². The van der Waals surface area contributed by atoms with Crippen LogP contribution in [0.2, 0.25) is 0 Å². The van der Waals surface area contributed by atoms with E-state index < -0.39 is 23.3 Å². The Bertz CT molecular complexity index is 1310. The number of alkyl halides is 3. The highest BCUT2D eigenvalue weighted by atomic mass is 32.2. The van der Waals surface area contributed by atoms with Gasteiger partial charge in [0.1, 0.15) is 11.1 Å². The Kier molecular flexibility index (Phi) is 8.00. The van der Waals surface area contributed by atoms with Crippen molar-refractivity contribution in [2.45, 2.75) is 46.4 Å². The van der Waals surface area contributed by atoms with E-state index in [2.05, 4.69) is 42.0 Å². The average Bonchev–Trinajstić information content (AvgIpc) is 3.27. The maximum Gasteiger partial charge on any atom is 0.416 e. The summed E-state index contributed by atoms with van der Waals surface area (Å²) in [5.74, 6) is 5.57. The van der Waals surface area contributed by atoms with E-state index in [1.807, 2.05) is 26.8 Å². The summed E-state index contributed by atoms with van der Waals surface area (Å²) in [6.45, 7) is 12.9. The molecule has 1 unspecified atom stereocenters. The number of ether oxygens (including phenoxy) is 2. The molecule has 0 bridgehead atoms. The molecule has 1 aromatic heterocycles. The number of esters is 1. The Morgan fingerprint density at radius 2 is 1.67 bits per heavy atom. The van der Waals surface area contributed by atoms with Crippen LogP contribution in [0.1, 0.15) is 47.9 Å². The van der Waals surface area contributed by atoms with Gasteiger partial charge in [-0.3, -0.25) is 0 Å². The first-order chi connectivity index (χ1) is 16.8. The maximum atomic E-state index is 12.7. The summed E-state index contributed by atoms with van der Waals surface area (Å²) in [6, 6.07) is 12.7. The van der Waals surface area contributed by atoms with Gasteiger partial charge in [0.25, 0.3) is 0 Å². The molecule has 1 heterocycles. The van der Waals surface area contributed by atoms with Gasteiger partial charge in [-0.15, -0.1) is 0 Å². The molecule has 0 N–H and O–H groups in total. The Morgan fingerprint density at radius 3 is 2.22 bits per heavy atom. The van der Waals surface area contributed by atoms with Crippen molar-refractivity contribution in [1.82, 2.24) is 0 Å². The van der Waals surface area contributed by atoms with Gasteiger partial charge in [-0.1, -0.05) is 18.4 Å². The van der Waals surface area contributed by atoms with Crippen LogP contribution < -0.4 is 4.74 Å². The smallest absolute Gasteiger partial charge is 0.416 e. The number of hydrogen-bond acceptors (Lipinski definition) is 3. The van der Waals surface area contributed by atoms with E-state index in [0.717, 1.165) is 33.7 Å². The van der Waals surface area contributed by atoms with E-state index in [1.165, 1.54) is 17.0 Å². The summed E-state index contributed by atoms with van der Waals surface area (Å²) in [5, 5.41) is 2.16. The lowest BCUT2D eigenvalue weighted by Gasteiger charge is -2.19. The molecule has 188 valence electrons. The molecule has 0 radical (unpaired) electrons. The minimum absolute atomic E-state index is 0.175. The van der Waals surface area contributed by atoms with Gasteiger partial charge in [0.2, 0.25) is 0 Å². The van der Waals surface area contributed by atoms with E-state index in [4.69, 9.17) is 9.47 Å². The second-order valence-electron chi connectivity index (χ2n) is 8.96. The summed E-state index contributed by atoms with van der Waals surface area (Å²) in [4.78, 5) is 14.8. The summed E-state index contributed by atoms with van der Waals surface area (Å²) in [5.41, 5.74) is 1.34. The fourth-order valence-corrected chi connectivity index (χ4v) is 5.59. The molecule has 3 nitrogen and oxygen atoms in total. The maximum absolute atomic E-state index is 12.7. The molecule has 36 heavy (non-hydrogen) atoms. The average molecular weight is 514 g/mol. The van der Waals surface area contributed by atoms with Gasteiger partial charge < -0.3 is 9.47 Å². The highest BCUT2D eigenvalue weighted by molar-refractivity contribution is 7.39. The molecule has 3 rings (SSSR count). The molecule has 0 aliphatic heterocycles.